The molecule has 24 heavy (non-hydrogen) atoms. The zero-order valence-corrected chi connectivity index (χ0v) is 14.6. The van der Waals surface area contributed by atoms with Crippen molar-refractivity contribution >= 4 is 5.91 Å². The molecule has 2 heterocycles. The van der Waals surface area contributed by atoms with E-state index in [1.165, 1.54) is 0 Å². The lowest BCUT2D eigenvalue weighted by atomic mass is 9.87. The van der Waals surface area contributed by atoms with Crippen molar-refractivity contribution in [1.29, 1.82) is 0 Å². The second-order valence-corrected chi connectivity index (χ2v) is 7.36. The van der Waals surface area contributed by atoms with Crippen LogP contribution in [0, 0.1) is 12.3 Å². The molecule has 0 spiro atoms. The molecule has 1 aliphatic rings. The fraction of sp³-hybridized carbons (Fsp3) is 0.500. The van der Waals surface area contributed by atoms with Crippen LogP contribution in [0.4, 0.5) is 0 Å². The molecule has 0 unspecified atom stereocenters. The highest BCUT2D eigenvalue weighted by Gasteiger charge is 2.38. The number of hydrogen-bond acceptors (Lipinski definition) is 4. The van der Waals surface area contributed by atoms with Crippen molar-refractivity contribution < 1.29 is 9.53 Å². The Hall–Kier alpha value is -2.21. The van der Waals surface area contributed by atoms with Crippen LogP contribution in [0.3, 0.4) is 0 Å². The number of morpholine rings is 1. The first-order valence-electron chi connectivity index (χ1n) is 8.23. The topological polar surface area (TPSA) is 71.1 Å². The predicted octanol–water partition coefficient (Wildman–Crippen LogP) is 2.74. The molecule has 2 aromatic rings. The van der Waals surface area contributed by atoms with E-state index in [-0.39, 0.29) is 23.5 Å². The molecule has 1 aromatic carbocycles. The van der Waals surface area contributed by atoms with Gasteiger partial charge in [0.25, 0.3) is 5.91 Å². The Morgan fingerprint density at radius 1 is 1.21 bits per heavy atom. The maximum Gasteiger partial charge on any atom is 0.276 e. The van der Waals surface area contributed by atoms with Crippen molar-refractivity contribution in [1.82, 2.24) is 20.3 Å². The Morgan fingerprint density at radius 2 is 1.92 bits per heavy atom. The Morgan fingerprint density at radius 3 is 2.50 bits per heavy atom. The van der Waals surface area contributed by atoms with Gasteiger partial charge in [0.15, 0.2) is 5.69 Å². The van der Waals surface area contributed by atoms with Gasteiger partial charge < -0.3 is 9.64 Å². The molecule has 0 saturated carbocycles. The number of hydrogen-bond donors (Lipinski definition) is 1. The summed E-state index contributed by atoms with van der Waals surface area (Å²) in [5, 5.41) is 10.5. The monoisotopic (exact) mass is 328 g/mol. The van der Waals surface area contributed by atoms with Crippen LogP contribution in [-0.4, -0.2) is 45.4 Å². The number of ether oxygens (including phenoxy) is 1. The first-order valence-corrected chi connectivity index (χ1v) is 8.23. The summed E-state index contributed by atoms with van der Waals surface area (Å²) in [4.78, 5) is 14.7. The van der Waals surface area contributed by atoms with Gasteiger partial charge in [0.1, 0.15) is 6.10 Å². The molecule has 1 aromatic heterocycles. The Kier molecular flexibility index (Phi) is 4.41. The minimum Gasteiger partial charge on any atom is -0.366 e. The molecular weight excluding hydrogens is 304 g/mol. The zero-order chi connectivity index (χ0) is 17.3. The van der Waals surface area contributed by atoms with Crippen LogP contribution in [0.1, 0.15) is 48.6 Å². The summed E-state index contributed by atoms with van der Waals surface area (Å²) in [5.74, 6) is -0.0975. The van der Waals surface area contributed by atoms with Crippen LogP contribution >= 0.6 is 0 Å². The number of nitrogens with zero attached hydrogens (tertiary/aromatic N) is 3. The number of carbonyl (C=O) groups is 1. The second kappa shape index (κ2) is 6.36. The van der Waals surface area contributed by atoms with Crippen LogP contribution in [0.15, 0.2) is 30.3 Å². The standard InChI is InChI=1S/C18H24N4O2/c1-12-16(20-21-19-12)17(23)22-10-14(13-8-6-5-7-9-13)24-15(11-22)18(2,3)4/h5-9,14-15H,10-11H2,1-4H3,(H,19,20,21)/t14-,15+/m0/s1. The lowest BCUT2D eigenvalue weighted by Gasteiger charge is -2.43. The fourth-order valence-electron chi connectivity index (χ4n) is 2.89. The minimum atomic E-state index is -0.139. The number of rotatable bonds is 2. The van der Waals surface area contributed by atoms with E-state index in [2.05, 4.69) is 36.2 Å². The molecule has 1 aliphatic heterocycles. The molecule has 1 amide bonds. The van der Waals surface area contributed by atoms with Gasteiger partial charge in [-0.3, -0.25) is 4.79 Å². The van der Waals surface area contributed by atoms with Crippen LogP contribution in [0.2, 0.25) is 0 Å². The summed E-state index contributed by atoms with van der Waals surface area (Å²) < 4.78 is 6.33. The van der Waals surface area contributed by atoms with Gasteiger partial charge in [0.05, 0.1) is 18.3 Å². The number of nitrogens with one attached hydrogen (secondary N) is 1. The summed E-state index contributed by atoms with van der Waals surface area (Å²) in [5.41, 5.74) is 2.03. The summed E-state index contributed by atoms with van der Waals surface area (Å²) in [6.07, 6.45) is -0.187. The Balaban J connectivity index is 1.88. The van der Waals surface area contributed by atoms with Gasteiger partial charge in [-0.25, -0.2) is 0 Å². The van der Waals surface area contributed by atoms with Gasteiger partial charge in [0, 0.05) is 6.54 Å². The van der Waals surface area contributed by atoms with Gasteiger partial charge in [0.2, 0.25) is 0 Å². The van der Waals surface area contributed by atoms with Crippen molar-refractivity contribution in [3.63, 3.8) is 0 Å². The lowest BCUT2D eigenvalue weighted by Crippen LogP contribution is -2.51. The Labute approximate surface area is 142 Å². The third kappa shape index (κ3) is 3.33. The summed E-state index contributed by atoms with van der Waals surface area (Å²) in [6.45, 7) is 9.26. The number of carbonyl (C=O) groups excluding carboxylic acids is 1. The van der Waals surface area contributed by atoms with E-state index in [1.807, 2.05) is 35.2 Å². The van der Waals surface area contributed by atoms with Gasteiger partial charge >= 0.3 is 0 Å². The molecule has 0 aliphatic carbocycles. The van der Waals surface area contributed by atoms with Gasteiger partial charge in [-0.1, -0.05) is 51.1 Å². The molecule has 3 rings (SSSR count). The maximum atomic E-state index is 12.9. The number of aromatic amines is 1. The van der Waals surface area contributed by atoms with Crippen LogP contribution in [0.5, 0.6) is 0 Å². The van der Waals surface area contributed by atoms with E-state index < -0.39 is 0 Å². The third-order valence-electron chi connectivity index (χ3n) is 4.45. The molecule has 0 radical (unpaired) electrons. The number of H-pyrrole nitrogens is 1. The maximum absolute atomic E-state index is 12.9. The van der Waals surface area contributed by atoms with E-state index >= 15 is 0 Å². The number of aryl methyl sites for hydroxylation is 1. The molecule has 6 heteroatoms. The van der Waals surface area contributed by atoms with E-state index in [0.717, 1.165) is 5.56 Å². The highest BCUT2D eigenvalue weighted by atomic mass is 16.5. The van der Waals surface area contributed by atoms with Crippen LogP contribution < -0.4 is 0 Å². The van der Waals surface area contributed by atoms with Crippen molar-refractivity contribution in [2.75, 3.05) is 13.1 Å². The largest absolute Gasteiger partial charge is 0.366 e. The molecule has 6 nitrogen and oxygen atoms in total. The second-order valence-electron chi connectivity index (χ2n) is 7.36. The lowest BCUT2D eigenvalue weighted by molar-refractivity contribution is -0.119. The predicted molar refractivity (Wildman–Crippen MR) is 90.5 cm³/mol. The van der Waals surface area contributed by atoms with Crippen molar-refractivity contribution in [3.05, 3.63) is 47.3 Å². The average Bonchev–Trinajstić information content (AvgIpc) is 3.00. The van der Waals surface area contributed by atoms with E-state index in [0.29, 0.717) is 24.5 Å². The van der Waals surface area contributed by atoms with E-state index in [9.17, 15) is 4.79 Å². The molecule has 128 valence electrons. The Bertz CT molecular complexity index is 705. The van der Waals surface area contributed by atoms with Crippen molar-refractivity contribution in [2.45, 2.75) is 39.9 Å². The number of aromatic nitrogens is 3. The molecular formula is C18H24N4O2. The SMILES string of the molecule is Cc1n[nH]nc1C(=O)N1C[C@@H](c2ccccc2)O[C@@H](C(C)(C)C)C1. The molecule has 1 fully saturated rings. The van der Waals surface area contributed by atoms with Gasteiger partial charge in [-0.2, -0.15) is 15.4 Å². The summed E-state index contributed by atoms with van der Waals surface area (Å²) in [6, 6.07) is 10.1. The van der Waals surface area contributed by atoms with Crippen molar-refractivity contribution in [2.24, 2.45) is 5.41 Å². The van der Waals surface area contributed by atoms with Gasteiger partial charge in [-0.05, 0) is 17.9 Å². The van der Waals surface area contributed by atoms with E-state index in [4.69, 9.17) is 4.74 Å². The minimum absolute atomic E-state index is 0.0485. The smallest absolute Gasteiger partial charge is 0.276 e. The summed E-state index contributed by atoms with van der Waals surface area (Å²) in [7, 11) is 0. The summed E-state index contributed by atoms with van der Waals surface area (Å²) >= 11 is 0. The fourth-order valence-corrected chi connectivity index (χ4v) is 2.89. The normalized spacial score (nSPS) is 21.8. The highest BCUT2D eigenvalue weighted by Crippen LogP contribution is 2.33. The molecule has 2 atom stereocenters. The first-order chi connectivity index (χ1) is 11.4. The highest BCUT2D eigenvalue weighted by molar-refractivity contribution is 5.93. The van der Waals surface area contributed by atoms with Crippen molar-refractivity contribution in [3.8, 4) is 0 Å². The van der Waals surface area contributed by atoms with Gasteiger partial charge in [-0.15, -0.1) is 0 Å². The first kappa shape index (κ1) is 16.6. The number of amides is 1. The molecule has 1 saturated heterocycles. The molecule has 0 bridgehead atoms. The van der Waals surface area contributed by atoms with Crippen LogP contribution in [-0.2, 0) is 4.74 Å². The average molecular weight is 328 g/mol. The zero-order valence-electron chi connectivity index (χ0n) is 14.6. The van der Waals surface area contributed by atoms with E-state index in [1.54, 1.807) is 6.92 Å². The van der Waals surface area contributed by atoms with Crippen LogP contribution in [0.25, 0.3) is 0 Å². The third-order valence-corrected chi connectivity index (χ3v) is 4.45. The quantitative estimate of drug-likeness (QED) is 0.920. The number of benzene rings is 1. The molecule has 1 N–H and O–H groups in total.